The van der Waals surface area contributed by atoms with E-state index in [0.29, 0.717) is 29.7 Å². The van der Waals surface area contributed by atoms with Crippen LogP contribution in [0.2, 0.25) is 0 Å². The van der Waals surface area contributed by atoms with Crippen LogP contribution in [0.15, 0.2) is 58.8 Å². The Morgan fingerprint density at radius 2 is 2.00 bits per heavy atom. The Morgan fingerprint density at radius 3 is 2.72 bits per heavy atom. The van der Waals surface area contributed by atoms with Gasteiger partial charge in [0, 0.05) is 29.6 Å². The quantitative estimate of drug-likeness (QED) is 0.572. The van der Waals surface area contributed by atoms with Crippen LogP contribution in [0.4, 0.5) is 5.13 Å². The van der Waals surface area contributed by atoms with Gasteiger partial charge < -0.3 is 4.74 Å². The van der Waals surface area contributed by atoms with E-state index in [1.807, 2.05) is 29.6 Å². The van der Waals surface area contributed by atoms with Crippen molar-refractivity contribution in [3.8, 4) is 17.0 Å². The fourth-order valence-electron chi connectivity index (χ4n) is 3.71. The number of anilines is 1. The first-order valence-electron chi connectivity index (χ1n) is 10.4. The summed E-state index contributed by atoms with van der Waals surface area (Å²) < 4.78 is 32.6. The Morgan fingerprint density at radius 1 is 1.22 bits per heavy atom. The highest BCUT2D eigenvalue weighted by atomic mass is 32.2. The number of piperidine rings is 1. The number of carbonyl (C=O) groups is 1. The minimum Gasteiger partial charge on any atom is -0.497 e. The minimum absolute atomic E-state index is 0.206. The average molecular weight is 472 g/mol. The lowest BCUT2D eigenvalue weighted by Gasteiger charge is -2.30. The number of methoxy groups -OCH3 is 1. The summed E-state index contributed by atoms with van der Waals surface area (Å²) in [4.78, 5) is 17.3. The molecule has 0 bridgehead atoms. The van der Waals surface area contributed by atoms with Gasteiger partial charge in [-0.15, -0.1) is 11.3 Å². The van der Waals surface area contributed by atoms with E-state index in [0.717, 1.165) is 29.8 Å². The van der Waals surface area contributed by atoms with E-state index in [1.54, 1.807) is 7.11 Å². The van der Waals surface area contributed by atoms with E-state index >= 15 is 0 Å². The number of rotatable bonds is 6. The second-order valence-corrected chi connectivity index (χ2v) is 10.7. The normalized spacial score (nSPS) is 17.1. The molecule has 4 rings (SSSR count). The van der Waals surface area contributed by atoms with Crippen molar-refractivity contribution < 1.29 is 17.9 Å². The highest BCUT2D eigenvalue weighted by molar-refractivity contribution is 7.89. The number of hydrogen-bond acceptors (Lipinski definition) is 6. The molecule has 1 aliphatic rings. The van der Waals surface area contributed by atoms with Crippen LogP contribution >= 0.6 is 11.3 Å². The Balaban J connectivity index is 1.45. The number of nitrogens with zero attached hydrogens (tertiary/aromatic N) is 2. The molecule has 9 heteroatoms. The SMILES string of the molecule is COc1cccc(-c2csc(NC(=O)c3ccc(S(=O)(=O)N4CCCC(C)C4)cc3)n2)c1. The van der Waals surface area contributed by atoms with Crippen LogP contribution in [0.3, 0.4) is 0 Å². The molecule has 0 spiro atoms. The molecule has 0 radical (unpaired) electrons. The first-order valence-corrected chi connectivity index (χ1v) is 12.7. The van der Waals surface area contributed by atoms with Crippen molar-refractivity contribution in [2.75, 3.05) is 25.5 Å². The zero-order valence-corrected chi connectivity index (χ0v) is 19.6. The molecule has 32 heavy (non-hydrogen) atoms. The van der Waals surface area contributed by atoms with Gasteiger partial charge in [0.1, 0.15) is 5.75 Å². The fraction of sp³-hybridized carbons (Fsp3) is 0.304. The molecule has 2 heterocycles. The van der Waals surface area contributed by atoms with Gasteiger partial charge in [-0.1, -0.05) is 19.1 Å². The molecule has 1 atom stereocenters. The number of thiazole rings is 1. The van der Waals surface area contributed by atoms with Gasteiger partial charge in [-0.25, -0.2) is 13.4 Å². The van der Waals surface area contributed by atoms with Crippen LogP contribution in [0, 0.1) is 5.92 Å². The van der Waals surface area contributed by atoms with Gasteiger partial charge in [0.2, 0.25) is 10.0 Å². The van der Waals surface area contributed by atoms with E-state index in [1.165, 1.54) is 39.9 Å². The number of carbonyl (C=O) groups excluding carboxylic acids is 1. The van der Waals surface area contributed by atoms with Crippen molar-refractivity contribution in [1.29, 1.82) is 0 Å². The Bertz CT molecular complexity index is 1210. The molecule has 0 aliphatic carbocycles. The molecule has 0 saturated carbocycles. The summed E-state index contributed by atoms with van der Waals surface area (Å²) in [6.07, 6.45) is 1.91. The first-order chi connectivity index (χ1) is 15.4. The Hall–Kier alpha value is -2.75. The van der Waals surface area contributed by atoms with Crippen molar-refractivity contribution in [1.82, 2.24) is 9.29 Å². The van der Waals surface area contributed by atoms with Crippen molar-refractivity contribution in [2.24, 2.45) is 5.92 Å². The summed E-state index contributed by atoms with van der Waals surface area (Å²) in [6.45, 7) is 3.13. The third kappa shape index (κ3) is 4.85. The minimum atomic E-state index is -3.55. The number of nitrogens with one attached hydrogen (secondary N) is 1. The highest BCUT2D eigenvalue weighted by Crippen LogP contribution is 2.28. The summed E-state index contributed by atoms with van der Waals surface area (Å²) in [7, 11) is -1.94. The molecule has 168 valence electrons. The van der Waals surface area contributed by atoms with E-state index in [4.69, 9.17) is 4.74 Å². The van der Waals surface area contributed by atoms with Crippen molar-refractivity contribution in [2.45, 2.75) is 24.7 Å². The molecule has 1 N–H and O–H groups in total. The van der Waals surface area contributed by atoms with Crippen LogP contribution in [-0.4, -0.2) is 43.8 Å². The standard InChI is InChI=1S/C23H25N3O4S2/c1-16-5-4-12-26(14-16)32(28,29)20-10-8-17(9-11-20)22(27)25-23-24-21(15-31-23)18-6-3-7-19(13-18)30-2/h3,6-11,13,15-16H,4-5,12,14H2,1-2H3,(H,24,25,27). The van der Waals surface area contributed by atoms with Crippen molar-refractivity contribution >= 4 is 32.4 Å². The number of sulfonamides is 1. The van der Waals surface area contributed by atoms with Crippen LogP contribution in [0.25, 0.3) is 11.3 Å². The third-order valence-corrected chi connectivity index (χ3v) is 8.10. The van der Waals surface area contributed by atoms with E-state index in [2.05, 4.69) is 17.2 Å². The zero-order chi connectivity index (χ0) is 22.7. The molecule has 1 amide bonds. The maximum absolute atomic E-state index is 12.9. The van der Waals surface area contributed by atoms with E-state index < -0.39 is 10.0 Å². The monoisotopic (exact) mass is 471 g/mol. The fourth-order valence-corrected chi connectivity index (χ4v) is 6.02. The number of aromatic nitrogens is 1. The van der Waals surface area contributed by atoms with Crippen LogP contribution < -0.4 is 10.1 Å². The zero-order valence-electron chi connectivity index (χ0n) is 17.9. The predicted octanol–water partition coefficient (Wildman–Crippen LogP) is 4.49. The molecular formula is C23H25N3O4S2. The topological polar surface area (TPSA) is 88.6 Å². The number of amides is 1. The van der Waals surface area contributed by atoms with Gasteiger partial charge >= 0.3 is 0 Å². The average Bonchev–Trinajstić information content (AvgIpc) is 3.27. The van der Waals surface area contributed by atoms with Crippen LogP contribution in [0.5, 0.6) is 5.75 Å². The van der Waals surface area contributed by atoms with Crippen molar-refractivity contribution in [3.05, 3.63) is 59.5 Å². The Labute approximate surface area is 192 Å². The number of benzene rings is 2. The first kappa shape index (κ1) is 22.4. The third-order valence-electron chi connectivity index (χ3n) is 5.46. The predicted molar refractivity (Wildman–Crippen MR) is 126 cm³/mol. The largest absolute Gasteiger partial charge is 0.497 e. The lowest BCUT2D eigenvalue weighted by Crippen LogP contribution is -2.39. The summed E-state index contributed by atoms with van der Waals surface area (Å²) in [5.74, 6) is 0.742. The summed E-state index contributed by atoms with van der Waals surface area (Å²) >= 11 is 1.32. The van der Waals surface area contributed by atoms with Gasteiger partial charge in [-0.3, -0.25) is 10.1 Å². The summed E-state index contributed by atoms with van der Waals surface area (Å²) in [5, 5.41) is 5.11. The molecular weight excluding hydrogens is 446 g/mol. The molecule has 1 aliphatic heterocycles. The molecule has 1 saturated heterocycles. The van der Waals surface area contributed by atoms with E-state index in [9.17, 15) is 13.2 Å². The maximum Gasteiger partial charge on any atom is 0.257 e. The van der Waals surface area contributed by atoms with Gasteiger partial charge in [0.05, 0.1) is 17.7 Å². The maximum atomic E-state index is 12.9. The molecule has 2 aromatic carbocycles. The second kappa shape index (κ2) is 9.40. The van der Waals surface area contributed by atoms with Crippen LogP contribution in [-0.2, 0) is 10.0 Å². The Kier molecular flexibility index (Phi) is 6.59. The molecule has 1 fully saturated rings. The molecule has 3 aromatic rings. The van der Waals surface area contributed by atoms with Gasteiger partial charge in [-0.2, -0.15) is 4.31 Å². The number of ether oxygens (including phenoxy) is 1. The van der Waals surface area contributed by atoms with Crippen molar-refractivity contribution in [3.63, 3.8) is 0 Å². The second-order valence-electron chi connectivity index (χ2n) is 7.86. The molecule has 7 nitrogen and oxygen atoms in total. The molecule has 1 aromatic heterocycles. The highest BCUT2D eigenvalue weighted by Gasteiger charge is 2.28. The lowest BCUT2D eigenvalue weighted by molar-refractivity contribution is 0.102. The summed E-state index contributed by atoms with van der Waals surface area (Å²) in [6, 6.07) is 13.6. The van der Waals surface area contributed by atoms with Gasteiger partial charge in [0.15, 0.2) is 5.13 Å². The van der Waals surface area contributed by atoms with Gasteiger partial charge in [0.25, 0.3) is 5.91 Å². The number of hydrogen-bond donors (Lipinski definition) is 1. The van der Waals surface area contributed by atoms with Gasteiger partial charge in [-0.05, 0) is 55.2 Å². The summed E-state index contributed by atoms with van der Waals surface area (Å²) in [5.41, 5.74) is 2.00. The molecule has 1 unspecified atom stereocenters. The van der Waals surface area contributed by atoms with E-state index in [-0.39, 0.29) is 10.8 Å². The lowest BCUT2D eigenvalue weighted by atomic mass is 10.0. The smallest absolute Gasteiger partial charge is 0.257 e. The van der Waals surface area contributed by atoms with Crippen LogP contribution in [0.1, 0.15) is 30.1 Å².